The zero-order valence-corrected chi connectivity index (χ0v) is 14.9. The van der Waals surface area contributed by atoms with Crippen LogP contribution in [-0.2, 0) is 17.7 Å². The van der Waals surface area contributed by atoms with Crippen molar-refractivity contribution in [3.63, 3.8) is 0 Å². The summed E-state index contributed by atoms with van der Waals surface area (Å²) in [6, 6.07) is 0.186. The van der Waals surface area contributed by atoms with Gasteiger partial charge in [-0.1, -0.05) is 0 Å². The molecule has 1 saturated heterocycles. The summed E-state index contributed by atoms with van der Waals surface area (Å²) in [5, 5.41) is 0. The number of imidazole rings is 1. The molecule has 7 heteroatoms. The lowest BCUT2D eigenvalue weighted by molar-refractivity contribution is 0.0215. The minimum atomic E-state index is -0.474. The Hall–Kier alpha value is -1.27. The first-order chi connectivity index (χ1) is 10.3. The number of aromatic nitrogens is 2. The summed E-state index contributed by atoms with van der Waals surface area (Å²) in [6.45, 7) is 7.21. The van der Waals surface area contributed by atoms with Gasteiger partial charge < -0.3 is 15.0 Å². The zero-order valence-electron chi connectivity index (χ0n) is 14.1. The van der Waals surface area contributed by atoms with Crippen LogP contribution in [-0.4, -0.2) is 38.7 Å². The van der Waals surface area contributed by atoms with E-state index in [0.717, 1.165) is 44.6 Å². The van der Waals surface area contributed by atoms with Crippen LogP contribution in [0.2, 0.25) is 0 Å². The summed E-state index contributed by atoms with van der Waals surface area (Å²) in [4.78, 5) is 18.9. The maximum Gasteiger partial charge on any atom is 0.410 e. The topological polar surface area (TPSA) is 73.4 Å². The highest BCUT2D eigenvalue weighted by Gasteiger charge is 2.36. The van der Waals surface area contributed by atoms with Gasteiger partial charge in [-0.2, -0.15) is 0 Å². The van der Waals surface area contributed by atoms with E-state index in [-0.39, 0.29) is 30.6 Å². The maximum atomic E-state index is 12.4. The smallest absolute Gasteiger partial charge is 0.410 e. The van der Waals surface area contributed by atoms with Crippen LogP contribution >= 0.6 is 12.4 Å². The average Bonchev–Trinajstić information content (AvgIpc) is 3.01. The normalized spacial score (nSPS) is 24.1. The van der Waals surface area contributed by atoms with E-state index in [4.69, 9.17) is 10.5 Å². The molecule has 130 valence electrons. The van der Waals surface area contributed by atoms with Crippen molar-refractivity contribution in [2.75, 3.05) is 6.54 Å². The molecular formula is C16H27ClN4O2. The van der Waals surface area contributed by atoms with Gasteiger partial charge in [-0.05, 0) is 46.5 Å². The average molecular weight is 343 g/mol. The Morgan fingerprint density at radius 1 is 1.39 bits per heavy atom. The second kappa shape index (κ2) is 6.69. The number of fused-ring (bicyclic) bond motifs is 1. The fourth-order valence-electron chi connectivity index (χ4n) is 3.34. The van der Waals surface area contributed by atoms with Crippen LogP contribution in [0.15, 0.2) is 6.20 Å². The van der Waals surface area contributed by atoms with Crippen molar-refractivity contribution in [1.29, 1.82) is 0 Å². The molecule has 1 amide bonds. The molecule has 1 aromatic heterocycles. The van der Waals surface area contributed by atoms with E-state index in [1.165, 1.54) is 5.69 Å². The number of nitrogens with zero attached hydrogens (tertiary/aromatic N) is 3. The first kappa shape index (κ1) is 18.1. The summed E-state index contributed by atoms with van der Waals surface area (Å²) >= 11 is 0. The number of hydrogen-bond acceptors (Lipinski definition) is 4. The molecule has 6 nitrogen and oxygen atoms in total. The summed E-state index contributed by atoms with van der Waals surface area (Å²) in [5.41, 5.74) is 6.86. The predicted molar refractivity (Wildman–Crippen MR) is 90.7 cm³/mol. The Labute approximate surface area is 143 Å². The summed E-state index contributed by atoms with van der Waals surface area (Å²) < 4.78 is 7.75. The number of hydrogen-bond donors (Lipinski definition) is 1. The van der Waals surface area contributed by atoms with Gasteiger partial charge in [0.2, 0.25) is 0 Å². The SMILES string of the molecule is CC(C)(C)OC(=O)N1CCCC1c1ncc2n1CC(N)CC2.Cl. The number of carbonyl (C=O) groups excluding carboxylic acids is 1. The van der Waals surface area contributed by atoms with Crippen LogP contribution in [0.3, 0.4) is 0 Å². The summed E-state index contributed by atoms with van der Waals surface area (Å²) in [5.74, 6) is 0.966. The number of halogens is 1. The molecule has 2 unspecified atom stereocenters. The molecule has 0 aliphatic carbocycles. The Morgan fingerprint density at radius 3 is 2.83 bits per heavy atom. The summed E-state index contributed by atoms with van der Waals surface area (Å²) in [6.07, 6.45) is 5.59. The van der Waals surface area contributed by atoms with Gasteiger partial charge >= 0.3 is 6.09 Å². The van der Waals surface area contributed by atoms with Crippen LogP contribution in [0, 0.1) is 0 Å². The molecule has 0 saturated carbocycles. The molecule has 0 spiro atoms. The molecule has 3 heterocycles. The fourth-order valence-corrected chi connectivity index (χ4v) is 3.34. The molecular weight excluding hydrogens is 316 g/mol. The van der Waals surface area contributed by atoms with E-state index in [2.05, 4.69) is 9.55 Å². The van der Waals surface area contributed by atoms with E-state index in [1.807, 2.05) is 31.9 Å². The minimum absolute atomic E-state index is 0. The second-order valence-corrected chi connectivity index (χ2v) is 7.35. The largest absolute Gasteiger partial charge is 0.444 e. The maximum absolute atomic E-state index is 12.4. The van der Waals surface area contributed by atoms with Gasteiger partial charge in [-0.3, -0.25) is 4.90 Å². The van der Waals surface area contributed by atoms with Gasteiger partial charge in [-0.25, -0.2) is 9.78 Å². The van der Waals surface area contributed by atoms with Crippen LogP contribution in [0.4, 0.5) is 4.79 Å². The molecule has 0 bridgehead atoms. The molecule has 2 N–H and O–H groups in total. The van der Waals surface area contributed by atoms with Gasteiger partial charge in [0.1, 0.15) is 11.4 Å². The van der Waals surface area contributed by atoms with Crippen molar-refractivity contribution in [2.24, 2.45) is 5.73 Å². The lowest BCUT2D eigenvalue weighted by Gasteiger charge is -2.30. The standard InChI is InChI=1S/C16H26N4O2.ClH/c1-16(2,3)22-15(21)19-8-4-5-13(19)14-18-9-12-7-6-11(17)10-20(12)14;/h9,11,13H,4-8,10,17H2,1-3H3;1H. The quantitative estimate of drug-likeness (QED) is 0.851. The molecule has 1 fully saturated rings. The van der Waals surface area contributed by atoms with E-state index >= 15 is 0 Å². The van der Waals surface area contributed by atoms with Crippen molar-refractivity contribution in [1.82, 2.24) is 14.5 Å². The number of rotatable bonds is 1. The second-order valence-electron chi connectivity index (χ2n) is 7.35. The molecule has 2 atom stereocenters. The lowest BCUT2D eigenvalue weighted by Crippen LogP contribution is -2.38. The molecule has 1 aromatic rings. The molecule has 0 aromatic carbocycles. The first-order valence-corrected chi connectivity index (χ1v) is 8.14. The van der Waals surface area contributed by atoms with Crippen molar-refractivity contribution in [2.45, 2.75) is 70.7 Å². The van der Waals surface area contributed by atoms with E-state index in [9.17, 15) is 4.79 Å². The van der Waals surface area contributed by atoms with Gasteiger partial charge in [0, 0.05) is 31.0 Å². The van der Waals surface area contributed by atoms with E-state index < -0.39 is 5.60 Å². The number of ether oxygens (including phenoxy) is 1. The van der Waals surface area contributed by atoms with Crippen LogP contribution in [0.25, 0.3) is 0 Å². The van der Waals surface area contributed by atoms with Gasteiger partial charge in [0.25, 0.3) is 0 Å². The predicted octanol–water partition coefficient (Wildman–Crippen LogP) is 2.65. The summed E-state index contributed by atoms with van der Waals surface area (Å²) in [7, 11) is 0. The highest BCUT2D eigenvalue weighted by molar-refractivity contribution is 5.85. The Balaban J connectivity index is 0.00000192. The molecule has 0 radical (unpaired) electrons. The van der Waals surface area contributed by atoms with Crippen LogP contribution in [0.1, 0.15) is 57.6 Å². The van der Waals surface area contributed by atoms with Crippen LogP contribution < -0.4 is 5.73 Å². The highest BCUT2D eigenvalue weighted by atomic mass is 35.5. The minimum Gasteiger partial charge on any atom is -0.444 e. The highest BCUT2D eigenvalue weighted by Crippen LogP contribution is 2.34. The van der Waals surface area contributed by atoms with Crippen molar-refractivity contribution in [3.8, 4) is 0 Å². The number of carbonyl (C=O) groups is 1. The van der Waals surface area contributed by atoms with Crippen molar-refractivity contribution < 1.29 is 9.53 Å². The van der Waals surface area contributed by atoms with Crippen LogP contribution in [0.5, 0.6) is 0 Å². The third-order valence-corrected chi connectivity index (χ3v) is 4.34. The van der Waals surface area contributed by atoms with E-state index in [1.54, 1.807) is 0 Å². The van der Waals surface area contributed by atoms with Gasteiger partial charge in [0.15, 0.2) is 0 Å². The molecule has 2 aliphatic rings. The van der Waals surface area contributed by atoms with E-state index in [0.29, 0.717) is 0 Å². The monoisotopic (exact) mass is 342 g/mol. The van der Waals surface area contributed by atoms with Crippen molar-refractivity contribution >= 4 is 18.5 Å². The third-order valence-electron chi connectivity index (χ3n) is 4.34. The molecule has 3 rings (SSSR count). The lowest BCUT2D eigenvalue weighted by atomic mass is 10.1. The number of nitrogens with two attached hydrogens (primary N) is 1. The number of aryl methyl sites for hydroxylation is 1. The van der Waals surface area contributed by atoms with Gasteiger partial charge in [0.05, 0.1) is 6.04 Å². The first-order valence-electron chi connectivity index (χ1n) is 8.14. The zero-order chi connectivity index (χ0) is 15.9. The third kappa shape index (κ3) is 3.80. The molecule has 2 aliphatic heterocycles. The molecule has 23 heavy (non-hydrogen) atoms. The van der Waals surface area contributed by atoms with Gasteiger partial charge in [-0.15, -0.1) is 12.4 Å². The number of amides is 1. The number of likely N-dealkylation sites (tertiary alicyclic amines) is 1. The fraction of sp³-hybridized carbons (Fsp3) is 0.750. The van der Waals surface area contributed by atoms with Crippen molar-refractivity contribution in [3.05, 3.63) is 17.7 Å². The Morgan fingerprint density at radius 2 is 2.13 bits per heavy atom. The Bertz CT molecular complexity index is 567. The Kier molecular flexibility index (Phi) is 5.26.